The molecule has 1 rings (SSSR count). The quantitative estimate of drug-likeness (QED) is 0.622. The average molecular weight is 175 g/mol. The summed E-state index contributed by atoms with van der Waals surface area (Å²) in [6.45, 7) is 7.30. The molecule has 0 aliphatic rings. The van der Waals surface area contributed by atoms with Crippen LogP contribution in [0.1, 0.15) is 18.6 Å². The van der Waals surface area contributed by atoms with Crippen molar-refractivity contribution in [2.24, 2.45) is 0 Å². The predicted octanol–water partition coefficient (Wildman–Crippen LogP) is 0.915. The number of carbonyl (C=O) groups excluding carboxylic acids is 1. The lowest BCUT2D eigenvalue weighted by Crippen LogP contribution is -2.30. The van der Waals surface area contributed by atoms with Crippen LogP contribution in [0.3, 0.4) is 0 Å². The third kappa shape index (κ3) is 1.96. The van der Waals surface area contributed by atoms with Crippen LogP contribution in [0, 0.1) is 0 Å². The second kappa shape index (κ2) is 3.90. The third-order valence-corrected chi connectivity index (χ3v) is 1.80. The number of hydrogen-bond acceptors (Lipinski definition) is 1. The monoisotopic (exact) mass is 175 g/mol. The minimum absolute atomic E-state index is 0.00523. The molecule has 1 heterocycles. The fourth-order valence-corrected chi connectivity index (χ4v) is 1.13. The summed E-state index contributed by atoms with van der Waals surface area (Å²) in [5.74, 6) is 0.00523. The summed E-state index contributed by atoms with van der Waals surface area (Å²) in [6.07, 6.45) is 7.42. The normalized spacial score (nSPS) is 12.6. The highest BCUT2D eigenvalue weighted by atomic mass is 16.1. The molecule has 0 saturated carbocycles. The smallest absolute Gasteiger partial charge is 0.227 e. The zero-order valence-electron chi connectivity index (χ0n) is 7.95. The van der Waals surface area contributed by atoms with Gasteiger partial charge in [0.2, 0.25) is 5.91 Å². The van der Waals surface area contributed by atoms with Crippen molar-refractivity contribution in [3.05, 3.63) is 35.0 Å². The number of allylic oxidation sites excluding steroid dienone is 2. The molecule has 0 aliphatic heterocycles. The van der Waals surface area contributed by atoms with Crippen LogP contribution in [-0.4, -0.2) is 10.5 Å². The topological polar surface area (TPSA) is 22.0 Å². The van der Waals surface area contributed by atoms with Crippen molar-refractivity contribution in [1.82, 2.24) is 4.57 Å². The van der Waals surface area contributed by atoms with Crippen LogP contribution in [0.25, 0.3) is 12.7 Å². The molecule has 13 heavy (non-hydrogen) atoms. The Balaban J connectivity index is 3.41. The summed E-state index contributed by atoms with van der Waals surface area (Å²) in [6, 6.07) is 1.83. The predicted molar refractivity (Wildman–Crippen MR) is 54.8 cm³/mol. The molecule has 0 N–H and O–H groups in total. The van der Waals surface area contributed by atoms with Crippen LogP contribution in [0.4, 0.5) is 0 Å². The molecular formula is C11H13NO. The summed E-state index contributed by atoms with van der Waals surface area (Å²) in [5.41, 5.74) is 0. The van der Waals surface area contributed by atoms with Gasteiger partial charge in [0.1, 0.15) is 0 Å². The number of nitrogens with zero attached hydrogens (tertiary/aromatic N) is 1. The molecule has 1 aromatic rings. The lowest BCUT2D eigenvalue weighted by Gasteiger charge is -1.94. The fraction of sp³-hybridized carbons (Fsp3) is 0.182. The Labute approximate surface area is 77.5 Å². The summed E-state index contributed by atoms with van der Waals surface area (Å²) >= 11 is 0. The van der Waals surface area contributed by atoms with Crippen molar-refractivity contribution >= 4 is 18.6 Å². The third-order valence-electron chi connectivity index (χ3n) is 1.80. The van der Waals surface area contributed by atoms with E-state index in [1.54, 1.807) is 10.8 Å². The van der Waals surface area contributed by atoms with Gasteiger partial charge >= 0.3 is 0 Å². The summed E-state index contributed by atoms with van der Waals surface area (Å²) in [7, 11) is 0. The lowest BCUT2D eigenvalue weighted by molar-refractivity contribution is 0.0933. The van der Waals surface area contributed by atoms with E-state index < -0.39 is 0 Å². The first-order chi connectivity index (χ1) is 6.16. The van der Waals surface area contributed by atoms with Gasteiger partial charge in [-0.1, -0.05) is 18.7 Å². The summed E-state index contributed by atoms with van der Waals surface area (Å²) in [4.78, 5) is 11.1. The Hall–Kier alpha value is -1.57. The molecule has 0 spiro atoms. The first-order valence-electron chi connectivity index (χ1n) is 4.17. The maximum atomic E-state index is 11.1. The van der Waals surface area contributed by atoms with E-state index in [1.807, 2.05) is 31.2 Å². The Morgan fingerprint density at radius 1 is 1.62 bits per heavy atom. The fourth-order valence-electron chi connectivity index (χ4n) is 1.13. The van der Waals surface area contributed by atoms with Gasteiger partial charge in [-0.3, -0.25) is 9.36 Å². The van der Waals surface area contributed by atoms with Crippen molar-refractivity contribution in [1.29, 1.82) is 0 Å². The SMILES string of the molecule is C=c1ccn(C(C)=O)/c1=C/C=C\C. The first-order valence-corrected chi connectivity index (χ1v) is 4.17. The number of aromatic nitrogens is 1. The van der Waals surface area contributed by atoms with Crippen molar-refractivity contribution in [3.63, 3.8) is 0 Å². The van der Waals surface area contributed by atoms with E-state index in [2.05, 4.69) is 6.58 Å². The van der Waals surface area contributed by atoms with Gasteiger partial charge in [0.15, 0.2) is 0 Å². The summed E-state index contributed by atoms with van der Waals surface area (Å²) < 4.78 is 1.59. The molecule has 0 radical (unpaired) electrons. The van der Waals surface area contributed by atoms with E-state index in [0.717, 1.165) is 10.6 Å². The zero-order valence-corrected chi connectivity index (χ0v) is 7.95. The van der Waals surface area contributed by atoms with E-state index in [4.69, 9.17) is 0 Å². The molecule has 0 atom stereocenters. The summed E-state index contributed by atoms with van der Waals surface area (Å²) in [5, 5.41) is 1.72. The van der Waals surface area contributed by atoms with Crippen LogP contribution in [-0.2, 0) is 0 Å². The van der Waals surface area contributed by atoms with Gasteiger partial charge in [-0.15, -0.1) is 0 Å². The Morgan fingerprint density at radius 3 is 2.85 bits per heavy atom. The Morgan fingerprint density at radius 2 is 2.31 bits per heavy atom. The highest BCUT2D eigenvalue weighted by Gasteiger charge is 1.97. The van der Waals surface area contributed by atoms with Crippen LogP contribution >= 0.6 is 0 Å². The largest absolute Gasteiger partial charge is 0.288 e. The lowest BCUT2D eigenvalue weighted by atomic mass is 10.4. The molecule has 0 amide bonds. The highest BCUT2D eigenvalue weighted by molar-refractivity contribution is 5.76. The molecule has 2 heteroatoms. The highest BCUT2D eigenvalue weighted by Crippen LogP contribution is 1.79. The van der Waals surface area contributed by atoms with Crippen LogP contribution in [0.15, 0.2) is 24.4 Å². The van der Waals surface area contributed by atoms with Crippen LogP contribution in [0.5, 0.6) is 0 Å². The van der Waals surface area contributed by atoms with Crippen molar-refractivity contribution in [2.45, 2.75) is 13.8 Å². The molecule has 68 valence electrons. The standard InChI is InChI=1S/C11H13NO/c1-4-5-6-11-9(2)7-8-12(11)10(3)13/h4-8H,2H2,1,3H3/b5-4-,11-6+. The molecule has 2 nitrogen and oxygen atoms in total. The van der Waals surface area contributed by atoms with Gasteiger partial charge in [0.25, 0.3) is 0 Å². The molecular weight excluding hydrogens is 162 g/mol. The van der Waals surface area contributed by atoms with Crippen LogP contribution in [0.2, 0.25) is 0 Å². The van der Waals surface area contributed by atoms with E-state index in [9.17, 15) is 4.79 Å². The second-order valence-electron chi connectivity index (χ2n) is 2.81. The molecule has 0 fully saturated rings. The number of carbonyl (C=O) groups is 1. The molecule has 0 unspecified atom stereocenters. The number of hydrogen-bond donors (Lipinski definition) is 0. The molecule has 0 saturated heterocycles. The maximum Gasteiger partial charge on any atom is 0.227 e. The average Bonchev–Trinajstić information content (AvgIpc) is 2.43. The van der Waals surface area contributed by atoms with E-state index in [0.29, 0.717) is 0 Å². The maximum absolute atomic E-state index is 11.1. The second-order valence-corrected chi connectivity index (χ2v) is 2.81. The van der Waals surface area contributed by atoms with E-state index in [1.165, 1.54) is 6.92 Å². The van der Waals surface area contributed by atoms with Gasteiger partial charge in [0, 0.05) is 13.1 Å². The van der Waals surface area contributed by atoms with Crippen molar-refractivity contribution in [2.75, 3.05) is 0 Å². The molecule has 0 bridgehead atoms. The van der Waals surface area contributed by atoms with Gasteiger partial charge in [-0.25, -0.2) is 0 Å². The van der Waals surface area contributed by atoms with Gasteiger partial charge < -0.3 is 0 Å². The van der Waals surface area contributed by atoms with Gasteiger partial charge in [-0.2, -0.15) is 0 Å². The molecule has 0 aliphatic carbocycles. The minimum atomic E-state index is 0.00523. The first kappa shape index (κ1) is 9.52. The van der Waals surface area contributed by atoms with E-state index >= 15 is 0 Å². The zero-order chi connectivity index (χ0) is 9.84. The molecule has 0 aromatic carbocycles. The Bertz CT molecular complexity index is 437. The van der Waals surface area contributed by atoms with Crippen LogP contribution < -0.4 is 10.6 Å². The van der Waals surface area contributed by atoms with Gasteiger partial charge in [0.05, 0.1) is 5.35 Å². The van der Waals surface area contributed by atoms with E-state index in [-0.39, 0.29) is 5.91 Å². The van der Waals surface area contributed by atoms with Crippen molar-refractivity contribution < 1.29 is 4.79 Å². The minimum Gasteiger partial charge on any atom is -0.288 e. The van der Waals surface area contributed by atoms with Crippen molar-refractivity contribution in [3.8, 4) is 0 Å². The number of rotatable bonds is 1. The Kier molecular flexibility index (Phi) is 2.85. The molecule has 1 aromatic heterocycles. The van der Waals surface area contributed by atoms with Gasteiger partial charge in [-0.05, 0) is 24.3 Å².